The fourth-order valence-electron chi connectivity index (χ4n) is 12.0. The molecule has 0 N–H and O–H groups in total. The maximum Gasteiger partial charge on any atom is 0.0714 e. The van der Waals surface area contributed by atoms with Crippen LogP contribution >= 0.6 is 0 Å². The molecule has 0 saturated carbocycles. The second-order valence-corrected chi connectivity index (χ2v) is 19.2. The molecule has 0 spiro atoms. The van der Waals surface area contributed by atoms with E-state index in [4.69, 9.17) is 0 Å². The topological polar surface area (TPSA) is 8.17 Å². The van der Waals surface area contributed by atoms with Gasteiger partial charge in [0.1, 0.15) is 0 Å². The fourth-order valence-corrected chi connectivity index (χ4v) is 12.0. The molecule has 2 heteroatoms. The highest BCUT2D eigenvalue weighted by Gasteiger charge is 2.46. The van der Waals surface area contributed by atoms with Crippen molar-refractivity contribution >= 4 is 49.6 Å². The number of fused-ring (bicyclic) bond motifs is 7. The van der Waals surface area contributed by atoms with E-state index in [0.717, 1.165) is 17.1 Å². The Morgan fingerprint density at radius 3 is 1.45 bits per heavy atom. The van der Waals surface area contributed by atoms with Gasteiger partial charge >= 0.3 is 0 Å². The van der Waals surface area contributed by atoms with E-state index >= 15 is 0 Å². The summed E-state index contributed by atoms with van der Waals surface area (Å²) in [5.74, 6) is 0. The molecule has 0 saturated heterocycles. The summed E-state index contributed by atoms with van der Waals surface area (Å²) in [4.78, 5) is 2.43. The van der Waals surface area contributed by atoms with Crippen LogP contribution in [0.4, 0.5) is 17.1 Å². The molecule has 73 heavy (non-hydrogen) atoms. The van der Waals surface area contributed by atoms with Crippen molar-refractivity contribution in [3.63, 3.8) is 0 Å². The summed E-state index contributed by atoms with van der Waals surface area (Å²) in [6.45, 7) is 0. The lowest BCUT2D eigenvalue weighted by Crippen LogP contribution is -2.28. The molecule has 0 fully saturated rings. The first-order valence-corrected chi connectivity index (χ1v) is 25.2. The summed E-state index contributed by atoms with van der Waals surface area (Å²) in [5.41, 5.74) is 21.1. The summed E-state index contributed by atoms with van der Waals surface area (Å²) < 4.78 is 2.37. The van der Waals surface area contributed by atoms with Crippen LogP contribution in [-0.4, -0.2) is 4.57 Å². The third-order valence-electron chi connectivity index (χ3n) is 15.3. The Bertz CT molecular complexity index is 4110. The average Bonchev–Trinajstić information content (AvgIpc) is 3.96. The summed E-state index contributed by atoms with van der Waals surface area (Å²) in [6.07, 6.45) is 0. The number of aromatic nitrogens is 1. The van der Waals surface area contributed by atoms with Crippen molar-refractivity contribution in [1.29, 1.82) is 0 Å². The van der Waals surface area contributed by atoms with Gasteiger partial charge in [-0.25, -0.2) is 0 Å². The van der Waals surface area contributed by atoms with Crippen LogP contribution in [-0.2, 0) is 5.41 Å². The predicted octanol–water partition coefficient (Wildman–Crippen LogP) is 18.8. The highest BCUT2D eigenvalue weighted by Crippen LogP contribution is 2.57. The van der Waals surface area contributed by atoms with Crippen LogP contribution in [0.25, 0.3) is 82.8 Å². The monoisotopic (exact) mass is 928 g/mol. The standard InChI is InChI=1S/C71H48N2/c1-4-19-55(20-5-1)71(56-21-6-2-7-22-56)67-29-14-12-26-63(67)64-45-44-60(48-68(64)71)72(59-42-37-53(38-43-59)62-28-16-18-52-17-10-11-25-61(52)62)58-40-35-50(36-41-58)49-31-33-51(34-32-49)54-39-46-70-66(47-54)65-27-13-15-30-69(65)73(70)57-23-8-3-9-24-57/h1-48H. The zero-order chi connectivity index (χ0) is 48.3. The summed E-state index contributed by atoms with van der Waals surface area (Å²) in [6, 6.07) is 107. The Kier molecular flexibility index (Phi) is 10.1. The lowest BCUT2D eigenvalue weighted by Gasteiger charge is -2.35. The maximum atomic E-state index is 2.46. The van der Waals surface area contributed by atoms with Crippen LogP contribution < -0.4 is 4.90 Å². The van der Waals surface area contributed by atoms with Gasteiger partial charge in [0.2, 0.25) is 0 Å². The van der Waals surface area contributed by atoms with Crippen molar-refractivity contribution < 1.29 is 0 Å². The van der Waals surface area contributed by atoms with Crippen LogP contribution in [0.1, 0.15) is 22.3 Å². The number of nitrogens with zero attached hydrogens (tertiary/aromatic N) is 2. The first-order chi connectivity index (χ1) is 36.2. The van der Waals surface area contributed by atoms with Gasteiger partial charge in [-0.3, -0.25) is 0 Å². The Morgan fingerprint density at radius 1 is 0.274 bits per heavy atom. The summed E-state index contributed by atoms with van der Waals surface area (Å²) in [5, 5.41) is 5.00. The Hall–Kier alpha value is -9.50. The first-order valence-electron chi connectivity index (χ1n) is 25.2. The molecule has 0 unspecified atom stereocenters. The minimum atomic E-state index is -0.517. The van der Waals surface area contributed by atoms with Gasteiger partial charge in [0, 0.05) is 33.5 Å². The molecule has 342 valence electrons. The molecule has 1 aliphatic rings. The molecule has 0 bridgehead atoms. The van der Waals surface area contributed by atoms with E-state index in [9.17, 15) is 0 Å². The van der Waals surface area contributed by atoms with Gasteiger partial charge in [-0.15, -0.1) is 0 Å². The smallest absolute Gasteiger partial charge is 0.0714 e. The van der Waals surface area contributed by atoms with Gasteiger partial charge in [-0.1, -0.05) is 224 Å². The average molecular weight is 929 g/mol. The number of benzene rings is 12. The van der Waals surface area contributed by atoms with Crippen LogP contribution in [0.2, 0.25) is 0 Å². The number of hydrogen-bond acceptors (Lipinski definition) is 1. The number of para-hydroxylation sites is 2. The molecule has 0 atom stereocenters. The van der Waals surface area contributed by atoms with Crippen LogP contribution in [0.3, 0.4) is 0 Å². The van der Waals surface area contributed by atoms with Crippen molar-refractivity contribution in [3.05, 3.63) is 313 Å². The quantitative estimate of drug-likeness (QED) is 0.140. The second kappa shape index (κ2) is 17.4. The van der Waals surface area contributed by atoms with Gasteiger partial charge in [-0.2, -0.15) is 0 Å². The van der Waals surface area contributed by atoms with E-state index < -0.39 is 5.41 Å². The fraction of sp³-hybridized carbons (Fsp3) is 0.0141. The Labute approximate surface area is 426 Å². The lowest BCUT2D eigenvalue weighted by atomic mass is 9.67. The molecular formula is C71H48N2. The molecule has 14 rings (SSSR count). The van der Waals surface area contributed by atoms with Gasteiger partial charge < -0.3 is 9.47 Å². The summed E-state index contributed by atoms with van der Waals surface area (Å²) >= 11 is 0. The van der Waals surface area contributed by atoms with Gasteiger partial charge in [0.25, 0.3) is 0 Å². The van der Waals surface area contributed by atoms with E-state index in [1.807, 2.05) is 0 Å². The van der Waals surface area contributed by atoms with E-state index in [-0.39, 0.29) is 0 Å². The number of hydrogen-bond donors (Lipinski definition) is 0. The third-order valence-corrected chi connectivity index (χ3v) is 15.3. The van der Waals surface area contributed by atoms with Crippen molar-refractivity contribution in [1.82, 2.24) is 4.57 Å². The molecule has 1 aromatic heterocycles. The maximum absolute atomic E-state index is 2.46. The zero-order valence-corrected chi connectivity index (χ0v) is 40.1. The van der Waals surface area contributed by atoms with Crippen molar-refractivity contribution in [2.45, 2.75) is 5.41 Å². The van der Waals surface area contributed by atoms with E-state index in [0.29, 0.717) is 0 Å². The van der Waals surface area contributed by atoms with Gasteiger partial charge in [-0.05, 0) is 144 Å². The molecule has 12 aromatic carbocycles. The molecule has 1 aliphatic carbocycles. The van der Waals surface area contributed by atoms with Gasteiger partial charge in [0.05, 0.1) is 16.4 Å². The van der Waals surface area contributed by atoms with Crippen molar-refractivity contribution in [3.8, 4) is 50.2 Å². The SMILES string of the molecule is c1ccc(-n2c3ccccc3c3cc(-c4ccc(-c5ccc(N(c6ccc(-c7cccc8ccccc78)cc6)c6ccc7c(c6)C(c6ccccc6)(c6ccccc6)c6ccccc6-7)cc5)cc4)ccc32)cc1. The Balaban J connectivity index is 0.863. The van der Waals surface area contributed by atoms with Crippen molar-refractivity contribution in [2.75, 3.05) is 4.90 Å². The molecular weight excluding hydrogens is 881 g/mol. The van der Waals surface area contributed by atoms with Crippen LogP contribution in [0.5, 0.6) is 0 Å². The van der Waals surface area contributed by atoms with Crippen LogP contribution in [0.15, 0.2) is 291 Å². The Morgan fingerprint density at radius 2 is 0.753 bits per heavy atom. The van der Waals surface area contributed by atoms with E-state index in [1.54, 1.807) is 0 Å². The molecule has 2 nitrogen and oxygen atoms in total. The zero-order valence-electron chi connectivity index (χ0n) is 40.1. The van der Waals surface area contributed by atoms with Gasteiger partial charge in [0.15, 0.2) is 0 Å². The normalized spacial score (nSPS) is 12.5. The highest BCUT2D eigenvalue weighted by molar-refractivity contribution is 6.10. The predicted molar refractivity (Wildman–Crippen MR) is 307 cm³/mol. The van der Waals surface area contributed by atoms with E-state index in [2.05, 4.69) is 301 Å². The molecule has 0 amide bonds. The molecule has 0 radical (unpaired) electrons. The summed E-state index contributed by atoms with van der Waals surface area (Å²) in [7, 11) is 0. The third kappa shape index (κ3) is 6.94. The first kappa shape index (κ1) is 42.4. The van der Waals surface area contributed by atoms with Crippen molar-refractivity contribution in [2.24, 2.45) is 0 Å². The highest BCUT2D eigenvalue weighted by atomic mass is 15.1. The second-order valence-electron chi connectivity index (χ2n) is 19.2. The largest absolute Gasteiger partial charge is 0.310 e. The lowest BCUT2D eigenvalue weighted by molar-refractivity contribution is 0.768. The minimum absolute atomic E-state index is 0.517. The van der Waals surface area contributed by atoms with Crippen LogP contribution in [0, 0.1) is 0 Å². The number of anilines is 3. The molecule has 13 aromatic rings. The minimum Gasteiger partial charge on any atom is -0.310 e. The number of rotatable bonds is 9. The molecule has 0 aliphatic heterocycles. The molecule has 1 heterocycles. The van der Waals surface area contributed by atoms with E-state index in [1.165, 1.54) is 105 Å².